The normalized spacial score (nSPS) is 14.5. The van der Waals surface area contributed by atoms with E-state index in [0.717, 1.165) is 51.4 Å². The van der Waals surface area contributed by atoms with E-state index in [1.54, 1.807) is 0 Å². The Morgan fingerprint density at radius 3 is 1.55 bits per heavy atom. The summed E-state index contributed by atoms with van der Waals surface area (Å²) in [6, 6.07) is -0.757. The van der Waals surface area contributed by atoms with E-state index in [1.165, 1.54) is 141 Å². The fraction of sp³-hybridized carbons (Fsp3) is 0.894. The summed E-state index contributed by atoms with van der Waals surface area (Å²) in [5.74, 6) is -0.144. The molecule has 0 rings (SSSR count). The lowest BCUT2D eigenvalue weighted by Gasteiger charge is -2.26. The molecule has 0 bridgehead atoms. The number of carbonyl (C=O) groups excluding carboxylic acids is 1. The average molecular weight is 814 g/mol. The van der Waals surface area contributed by atoms with Crippen LogP contribution in [0.2, 0.25) is 0 Å². The zero-order valence-electron chi connectivity index (χ0n) is 37.6. The van der Waals surface area contributed by atoms with Crippen LogP contribution < -0.4 is 5.32 Å². The summed E-state index contributed by atoms with van der Waals surface area (Å²) < 4.78 is 23.6. The fourth-order valence-electron chi connectivity index (χ4n) is 6.97. The first-order chi connectivity index (χ1) is 27.0. The topological polar surface area (TPSA) is 105 Å². The van der Waals surface area contributed by atoms with Crippen LogP contribution in [-0.4, -0.2) is 73.4 Å². The van der Waals surface area contributed by atoms with Crippen LogP contribution in [0.25, 0.3) is 0 Å². The van der Waals surface area contributed by atoms with Gasteiger partial charge in [0.2, 0.25) is 5.91 Å². The van der Waals surface area contributed by atoms with Crippen molar-refractivity contribution >= 4 is 13.7 Å². The molecule has 0 saturated heterocycles. The standard InChI is InChI=1S/C47H93N2O6P/c1-6-8-10-12-14-16-18-20-21-22-23-24-25-26-27-29-31-33-35-37-39-41-47(51)48-45(44-55-56(52,53)54-43-42-49(3,4)5)46(50)40-38-36-34-32-30-28-19-17-15-13-11-9-7-2/h8,10,14,16,45-46,50H,6-7,9,11-13,15,17-44H2,1-5H3,(H-,48,51,52,53)/p+1/b10-8-,16-14-. The Kier molecular flexibility index (Phi) is 38.7. The van der Waals surface area contributed by atoms with E-state index >= 15 is 0 Å². The summed E-state index contributed by atoms with van der Waals surface area (Å²) in [5.41, 5.74) is 0. The van der Waals surface area contributed by atoms with E-state index in [-0.39, 0.29) is 19.1 Å². The number of aliphatic hydroxyl groups is 1. The van der Waals surface area contributed by atoms with Gasteiger partial charge in [-0.1, -0.05) is 199 Å². The number of allylic oxidation sites excluding steroid dienone is 4. The van der Waals surface area contributed by atoms with Crippen molar-refractivity contribution in [3.8, 4) is 0 Å². The number of rotatable bonds is 43. The number of hydrogen-bond donors (Lipinski definition) is 3. The number of phosphoric ester groups is 1. The summed E-state index contributed by atoms with van der Waals surface area (Å²) in [6.07, 6.45) is 46.3. The highest BCUT2D eigenvalue weighted by Crippen LogP contribution is 2.43. The van der Waals surface area contributed by atoms with Gasteiger partial charge in [-0.25, -0.2) is 4.57 Å². The predicted molar refractivity (Wildman–Crippen MR) is 240 cm³/mol. The molecule has 1 amide bonds. The summed E-state index contributed by atoms with van der Waals surface area (Å²) in [4.78, 5) is 23.2. The summed E-state index contributed by atoms with van der Waals surface area (Å²) in [7, 11) is 1.62. The maximum atomic E-state index is 12.9. The largest absolute Gasteiger partial charge is 0.472 e. The number of hydrogen-bond acceptors (Lipinski definition) is 5. The molecule has 0 heterocycles. The Hall–Kier alpha value is -1.02. The Labute approximate surface area is 347 Å². The van der Waals surface area contributed by atoms with Crippen molar-refractivity contribution in [2.24, 2.45) is 0 Å². The number of aliphatic hydroxyl groups excluding tert-OH is 1. The van der Waals surface area contributed by atoms with Crippen LogP contribution in [0, 0.1) is 0 Å². The molecule has 0 aromatic carbocycles. The molecule has 0 aromatic rings. The van der Waals surface area contributed by atoms with Gasteiger partial charge in [0.15, 0.2) is 0 Å². The molecule has 0 aliphatic carbocycles. The third kappa shape index (κ3) is 41.2. The van der Waals surface area contributed by atoms with Crippen molar-refractivity contribution in [1.29, 1.82) is 0 Å². The van der Waals surface area contributed by atoms with Gasteiger partial charge in [0.25, 0.3) is 0 Å². The van der Waals surface area contributed by atoms with Crippen molar-refractivity contribution in [2.45, 2.75) is 231 Å². The molecule has 3 atom stereocenters. The minimum absolute atomic E-state index is 0.0759. The smallest absolute Gasteiger partial charge is 0.391 e. The van der Waals surface area contributed by atoms with Gasteiger partial charge in [-0.3, -0.25) is 13.8 Å². The van der Waals surface area contributed by atoms with Gasteiger partial charge in [-0.15, -0.1) is 0 Å². The highest BCUT2D eigenvalue weighted by atomic mass is 31.2. The summed E-state index contributed by atoms with van der Waals surface area (Å²) >= 11 is 0. The van der Waals surface area contributed by atoms with Crippen LogP contribution >= 0.6 is 7.82 Å². The lowest BCUT2D eigenvalue weighted by atomic mass is 10.0. The van der Waals surface area contributed by atoms with E-state index in [0.29, 0.717) is 23.9 Å². The van der Waals surface area contributed by atoms with Crippen LogP contribution in [0.4, 0.5) is 0 Å². The van der Waals surface area contributed by atoms with Crippen molar-refractivity contribution < 1.29 is 32.9 Å². The first-order valence-electron chi connectivity index (χ1n) is 23.7. The van der Waals surface area contributed by atoms with Crippen LogP contribution in [0.5, 0.6) is 0 Å². The lowest BCUT2D eigenvalue weighted by Crippen LogP contribution is -2.46. The highest BCUT2D eigenvalue weighted by molar-refractivity contribution is 7.47. The van der Waals surface area contributed by atoms with Crippen LogP contribution in [-0.2, 0) is 18.4 Å². The van der Waals surface area contributed by atoms with Crippen molar-refractivity contribution in [1.82, 2.24) is 5.32 Å². The molecule has 0 fully saturated rings. The first-order valence-corrected chi connectivity index (χ1v) is 25.2. The Morgan fingerprint density at radius 1 is 0.625 bits per heavy atom. The Bertz CT molecular complexity index is 969. The molecule has 0 radical (unpaired) electrons. The second-order valence-electron chi connectivity index (χ2n) is 17.5. The maximum Gasteiger partial charge on any atom is 0.472 e. The zero-order valence-corrected chi connectivity index (χ0v) is 38.5. The SMILES string of the molecule is CC/C=C\C/C=C\CCCCCCCCCCCCCCCCC(=O)NC(COP(=O)(O)OCC[N+](C)(C)C)C(O)CCCCCCCCCCCCCCC. The molecule has 56 heavy (non-hydrogen) atoms. The number of nitrogens with zero attached hydrogens (tertiary/aromatic N) is 1. The van der Waals surface area contributed by atoms with Crippen molar-refractivity contribution in [3.05, 3.63) is 24.3 Å². The molecule has 0 aromatic heterocycles. The fourth-order valence-corrected chi connectivity index (χ4v) is 7.70. The molecule has 0 aliphatic rings. The summed E-state index contributed by atoms with van der Waals surface area (Å²) in [6.45, 7) is 4.79. The number of quaternary nitrogens is 1. The molecular formula is C47H94N2O6P+. The molecule has 0 aliphatic heterocycles. The van der Waals surface area contributed by atoms with Gasteiger partial charge < -0.3 is 19.8 Å². The van der Waals surface area contributed by atoms with Gasteiger partial charge in [0, 0.05) is 6.42 Å². The molecule has 3 N–H and O–H groups in total. The van der Waals surface area contributed by atoms with Gasteiger partial charge in [0.05, 0.1) is 39.9 Å². The molecule has 0 saturated carbocycles. The van der Waals surface area contributed by atoms with Crippen molar-refractivity contribution in [3.63, 3.8) is 0 Å². The molecule has 0 spiro atoms. The summed E-state index contributed by atoms with van der Waals surface area (Å²) in [5, 5.41) is 14.0. The van der Waals surface area contributed by atoms with E-state index in [4.69, 9.17) is 9.05 Å². The predicted octanol–water partition coefficient (Wildman–Crippen LogP) is 13.3. The Morgan fingerprint density at radius 2 is 1.07 bits per heavy atom. The quantitative estimate of drug-likeness (QED) is 0.0245. The molecule has 3 unspecified atom stereocenters. The van der Waals surface area contributed by atoms with E-state index in [2.05, 4.69) is 43.5 Å². The molecule has 9 heteroatoms. The minimum Gasteiger partial charge on any atom is -0.391 e. The van der Waals surface area contributed by atoms with Crippen LogP contribution in [0.3, 0.4) is 0 Å². The third-order valence-corrected chi connectivity index (χ3v) is 11.7. The number of amides is 1. The second kappa shape index (κ2) is 39.4. The van der Waals surface area contributed by atoms with Crippen LogP contribution in [0.15, 0.2) is 24.3 Å². The molecule has 332 valence electrons. The number of phosphoric acid groups is 1. The zero-order chi connectivity index (χ0) is 41.4. The van der Waals surface area contributed by atoms with Gasteiger partial charge in [0.1, 0.15) is 13.2 Å². The number of likely N-dealkylation sites (N-methyl/N-ethyl adjacent to an activating group) is 1. The molecule has 8 nitrogen and oxygen atoms in total. The van der Waals surface area contributed by atoms with Gasteiger partial charge >= 0.3 is 7.82 Å². The third-order valence-electron chi connectivity index (χ3n) is 10.7. The second-order valence-corrected chi connectivity index (χ2v) is 18.9. The minimum atomic E-state index is -4.31. The molecular weight excluding hydrogens is 719 g/mol. The van der Waals surface area contributed by atoms with Gasteiger partial charge in [-0.05, 0) is 38.5 Å². The van der Waals surface area contributed by atoms with E-state index in [1.807, 2.05) is 21.1 Å². The van der Waals surface area contributed by atoms with Gasteiger partial charge in [-0.2, -0.15) is 0 Å². The van der Waals surface area contributed by atoms with Crippen molar-refractivity contribution in [2.75, 3.05) is 40.9 Å². The lowest BCUT2D eigenvalue weighted by molar-refractivity contribution is -0.870. The van der Waals surface area contributed by atoms with E-state index in [9.17, 15) is 19.4 Å². The number of unbranched alkanes of at least 4 members (excludes halogenated alkanes) is 26. The number of nitrogens with one attached hydrogen (secondary N) is 1. The number of carbonyl (C=O) groups is 1. The monoisotopic (exact) mass is 814 g/mol. The van der Waals surface area contributed by atoms with E-state index < -0.39 is 20.0 Å². The first kappa shape index (κ1) is 55.0. The van der Waals surface area contributed by atoms with Crippen LogP contribution in [0.1, 0.15) is 219 Å². The maximum absolute atomic E-state index is 12.9. The average Bonchev–Trinajstić information content (AvgIpc) is 3.15. The Balaban J connectivity index is 4.24. The highest BCUT2D eigenvalue weighted by Gasteiger charge is 2.28.